The second-order valence-corrected chi connectivity index (χ2v) is 6.69. The Balaban J connectivity index is 1.99. The van der Waals surface area contributed by atoms with Crippen LogP contribution in [-0.2, 0) is 4.74 Å². The highest BCUT2D eigenvalue weighted by Gasteiger charge is 2.48. The first kappa shape index (κ1) is 14.0. The lowest BCUT2D eigenvalue weighted by molar-refractivity contribution is -0.0999. The Bertz CT molecular complexity index is 419. The van der Waals surface area contributed by atoms with E-state index in [0.717, 1.165) is 10.9 Å². The van der Waals surface area contributed by atoms with Crippen molar-refractivity contribution >= 4 is 15.9 Å². The summed E-state index contributed by atoms with van der Waals surface area (Å²) in [6.45, 7) is 6.77. The lowest BCUT2D eigenvalue weighted by atomic mass is 9.64. The van der Waals surface area contributed by atoms with Gasteiger partial charge in [0.05, 0.1) is 6.10 Å². The monoisotopic (exact) mass is 311 g/mol. The van der Waals surface area contributed by atoms with Crippen LogP contribution in [0.3, 0.4) is 0 Å². The molecule has 3 atom stereocenters. The minimum absolute atomic E-state index is 0.217. The fourth-order valence-corrected chi connectivity index (χ4v) is 3.16. The Morgan fingerprint density at radius 2 is 2.17 bits per heavy atom. The Morgan fingerprint density at radius 1 is 1.44 bits per heavy atom. The molecule has 3 heteroatoms. The first-order valence-electron chi connectivity index (χ1n) is 6.49. The van der Waals surface area contributed by atoms with Gasteiger partial charge in [0.1, 0.15) is 0 Å². The van der Waals surface area contributed by atoms with Crippen LogP contribution in [0.2, 0.25) is 0 Å². The van der Waals surface area contributed by atoms with E-state index in [-0.39, 0.29) is 5.41 Å². The largest absolute Gasteiger partial charge is 0.381 e. The van der Waals surface area contributed by atoms with Crippen LogP contribution in [0, 0.1) is 5.41 Å². The highest BCUT2D eigenvalue weighted by molar-refractivity contribution is 9.10. The van der Waals surface area contributed by atoms with E-state index in [0.29, 0.717) is 18.2 Å². The molecule has 100 valence electrons. The van der Waals surface area contributed by atoms with Gasteiger partial charge in [-0.2, -0.15) is 0 Å². The van der Waals surface area contributed by atoms with Crippen LogP contribution in [0.15, 0.2) is 28.7 Å². The number of hydrogen-bond acceptors (Lipinski definition) is 2. The third kappa shape index (κ3) is 2.63. The second kappa shape index (κ2) is 5.32. The van der Waals surface area contributed by atoms with Gasteiger partial charge < -0.3 is 10.1 Å². The van der Waals surface area contributed by atoms with E-state index in [1.54, 1.807) is 7.11 Å². The number of nitrogens with one attached hydrogen (secondary N) is 1. The van der Waals surface area contributed by atoms with Crippen molar-refractivity contribution in [1.29, 1.82) is 0 Å². The van der Waals surface area contributed by atoms with Crippen molar-refractivity contribution < 1.29 is 4.74 Å². The summed E-state index contributed by atoms with van der Waals surface area (Å²) < 4.78 is 6.63. The van der Waals surface area contributed by atoms with E-state index in [9.17, 15) is 0 Å². The van der Waals surface area contributed by atoms with Gasteiger partial charge in [-0.05, 0) is 31.0 Å². The molecule has 1 N–H and O–H groups in total. The maximum absolute atomic E-state index is 5.49. The maximum Gasteiger partial charge on any atom is 0.0652 e. The number of rotatable bonds is 4. The van der Waals surface area contributed by atoms with Crippen molar-refractivity contribution in [3.8, 4) is 0 Å². The van der Waals surface area contributed by atoms with Crippen LogP contribution in [0.25, 0.3) is 0 Å². The van der Waals surface area contributed by atoms with Crippen molar-refractivity contribution in [2.45, 2.75) is 45.4 Å². The molecule has 2 rings (SSSR count). The number of methoxy groups -OCH3 is 1. The highest BCUT2D eigenvalue weighted by Crippen LogP contribution is 2.43. The molecule has 2 nitrogen and oxygen atoms in total. The molecule has 0 amide bonds. The molecule has 1 saturated carbocycles. The normalized spacial score (nSPS) is 27.6. The van der Waals surface area contributed by atoms with Gasteiger partial charge in [-0.25, -0.2) is 0 Å². The van der Waals surface area contributed by atoms with Crippen LogP contribution < -0.4 is 5.32 Å². The first-order valence-corrected chi connectivity index (χ1v) is 7.28. The Morgan fingerprint density at radius 3 is 2.72 bits per heavy atom. The lowest BCUT2D eigenvalue weighted by Gasteiger charge is -2.52. The van der Waals surface area contributed by atoms with Crippen molar-refractivity contribution in [3.63, 3.8) is 0 Å². The smallest absolute Gasteiger partial charge is 0.0652 e. The predicted molar refractivity (Wildman–Crippen MR) is 78.7 cm³/mol. The summed E-state index contributed by atoms with van der Waals surface area (Å²) in [6, 6.07) is 9.38. The Hall–Kier alpha value is -0.380. The molecule has 0 aromatic heterocycles. The average Bonchev–Trinajstić information content (AvgIpc) is 2.33. The van der Waals surface area contributed by atoms with Gasteiger partial charge in [0.25, 0.3) is 0 Å². The molecule has 18 heavy (non-hydrogen) atoms. The van der Waals surface area contributed by atoms with E-state index in [1.165, 1.54) is 5.56 Å². The fraction of sp³-hybridized carbons (Fsp3) is 0.600. The van der Waals surface area contributed by atoms with Crippen molar-refractivity contribution in [2.24, 2.45) is 5.41 Å². The van der Waals surface area contributed by atoms with E-state index >= 15 is 0 Å². The van der Waals surface area contributed by atoms with E-state index in [4.69, 9.17) is 4.74 Å². The maximum atomic E-state index is 5.49. The lowest BCUT2D eigenvalue weighted by Crippen LogP contribution is -2.60. The molecule has 0 spiro atoms. The molecular weight excluding hydrogens is 290 g/mol. The minimum Gasteiger partial charge on any atom is -0.381 e. The van der Waals surface area contributed by atoms with Crippen LogP contribution >= 0.6 is 15.9 Å². The van der Waals surface area contributed by atoms with Crippen molar-refractivity contribution in [1.82, 2.24) is 5.32 Å². The molecule has 0 bridgehead atoms. The summed E-state index contributed by atoms with van der Waals surface area (Å²) in [5.74, 6) is 0. The molecule has 1 aromatic rings. The minimum atomic E-state index is 0.217. The summed E-state index contributed by atoms with van der Waals surface area (Å²) in [5, 5.41) is 3.71. The average molecular weight is 312 g/mol. The summed E-state index contributed by atoms with van der Waals surface area (Å²) in [6.07, 6.45) is 1.48. The third-order valence-electron chi connectivity index (χ3n) is 4.26. The number of halogens is 1. The molecule has 1 fully saturated rings. The standard InChI is InChI=1S/C15H22BrNO/c1-10(11-6-5-7-12(16)8-11)17-13-9-14(18-4)15(13,2)3/h5-8,10,13-14,17H,9H2,1-4H3. The number of benzene rings is 1. The number of ether oxygens (including phenoxy) is 1. The summed E-state index contributed by atoms with van der Waals surface area (Å²) >= 11 is 3.52. The van der Waals surface area contributed by atoms with E-state index in [1.807, 2.05) is 0 Å². The summed E-state index contributed by atoms with van der Waals surface area (Å²) in [4.78, 5) is 0. The Kier molecular flexibility index (Phi) is 4.15. The van der Waals surface area contributed by atoms with Gasteiger partial charge in [-0.15, -0.1) is 0 Å². The zero-order valence-corrected chi connectivity index (χ0v) is 13.1. The first-order chi connectivity index (χ1) is 8.45. The highest BCUT2D eigenvalue weighted by atomic mass is 79.9. The van der Waals surface area contributed by atoms with Crippen LogP contribution in [0.4, 0.5) is 0 Å². The molecule has 0 aliphatic heterocycles. The quantitative estimate of drug-likeness (QED) is 0.910. The third-order valence-corrected chi connectivity index (χ3v) is 4.76. The molecule has 0 saturated heterocycles. The second-order valence-electron chi connectivity index (χ2n) is 5.78. The fourth-order valence-electron chi connectivity index (χ4n) is 2.74. The molecule has 1 aliphatic rings. The van der Waals surface area contributed by atoms with Gasteiger partial charge >= 0.3 is 0 Å². The van der Waals surface area contributed by atoms with Crippen LogP contribution in [0.5, 0.6) is 0 Å². The molecule has 1 aliphatic carbocycles. The topological polar surface area (TPSA) is 21.3 Å². The van der Waals surface area contributed by atoms with Crippen molar-refractivity contribution in [3.05, 3.63) is 34.3 Å². The zero-order valence-electron chi connectivity index (χ0n) is 11.5. The summed E-state index contributed by atoms with van der Waals surface area (Å²) in [5.41, 5.74) is 1.54. The molecular formula is C15H22BrNO. The Labute approximate surface area is 118 Å². The SMILES string of the molecule is COC1CC(NC(C)c2cccc(Br)c2)C1(C)C. The number of hydrogen-bond donors (Lipinski definition) is 1. The van der Waals surface area contributed by atoms with Gasteiger partial charge in [0, 0.05) is 29.1 Å². The van der Waals surface area contributed by atoms with Crippen molar-refractivity contribution in [2.75, 3.05) is 7.11 Å². The predicted octanol–water partition coefficient (Wildman–Crippen LogP) is 3.91. The molecule has 0 radical (unpaired) electrons. The van der Waals surface area contributed by atoms with Gasteiger partial charge in [0.2, 0.25) is 0 Å². The zero-order chi connectivity index (χ0) is 13.3. The van der Waals surface area contributed by atoms with Gasteiger partial charge in [-0.3, -0.25) is 0 Å². The van der Waals surface area contributed by atoms with Crippen LogP contribution in [-0.4, -0.2) is 19.3 Å². The van der Waals surface area contributed by atoms with E-state index in [2.05, 4.69) is 66.3 Å². The molecule has 3 unspecified atom stereocenters. The molecule has 1 aromatic carbocycles. The van der Waals surface area contributed by atoms with Crippen LogP contribution in [0.1, 0.15) is 38.8 Å². The van der Waals surface area contributed by atoms with E-state index < -0.39 is 0 Å². The van der Waals surface area contributed by atoms with Gasteiger partial charge in [-0.1, -0.05) is 41.9 Å². The van der Waals surface area contributed by atoms with Gasteiger partial charge in [0.15, 0.2) is 0 Å². The summed E-state index contributed by atoms with van der Waals surface area (Å²) in [7, 11) is 1.81. The molecule has 0 heterocycles.